The summed E-state index contributed by atoms with van der Waals surface area (Å²) in [6.45, 7) is 5.10. The molecule has 2 aromatic rings. The molecule has 1 N–H and O–H groups in total. The molecule has 0 saturated heterocycles. The van der Waals surface area contributed by atoms with Crippen LogP contribution in [-0.4, -0.2) is 6.54 Å². The normalized spacial score (nSPS) is 12.4. The van der Waals surface area contributed by atoms with Gasteiger partial charge in [0, 0.05) is 20.6 Å². The van der Waals surface area contributed by atoms with Crippen LogP contribution in [0.1, 0.15) is 29.7 Å². The Kier molecular flexibility index (Phi) is 6.12. The number of hydrogen-bond acceptors (Lipinski definition) is 1. The molecule has 0 aliphatic rings. The lowest BCUT2D eigenvalue weighted by Crippen LogP contribution is -2.23. The maximum absolute atomic E-state index is 6.30. The third-order valence-corrected chi connectivity index (χ3v) is 4.74. The minimum atomic E-state index is 0.195. The molecule has 112 valence electrons. The SMILES string of the molecule is CCNC(Cc1cc(Cl)ccc1Cl)c1cc(C)ccc1Br. The minimum Gasteiger partial charge on any atom is -0.310 e. The molecule has 0 aliphatic heterocycles. The van der Waals surface area contributed by atoms with E-state index >= 15 is 0 Å². The second kappa shape index (κ2) is 7.64. The van der Waals surface area contributed by atoms with Crippen LogP contribution in [0.2, 0.25) is 10.0 Å². The van der Waals surface area contributed by atoms with Gasteiger partial charge in [-0.25, -0.2) is 0 Å². The summed E-state index contributed by atoms with van der Waals surface area (Å²) in [6, 6.07) is 12.2. The highest BCUT2D eigenvalue weighted by atomic mass is 79.9. The highest BCUT2D eigenvalue weighted by Crippen LogP contribution is 2.30. The highest BCUT2D eigenvalue weighted by Gasteiger charge is 2.16. The van der Waals surface area contributed by atoms with Crippen molar-refractivity contribution in [3.8, 4) is 0 Å². The zero-order chi connectivity index (χ0) is 15.4. The van der Waals surface area contributed by atoms with Crippen molar-refractivity contribution in [3.63, 3.8) is 0 Å². The number of nitrogens with one attached hydrogen (secondary N) is 1. The lowest BCUT2D eigenvalue weighted by molar-refractivity contribution is 0.547. The Morgan fingerprint density at radius 2 is 1.90 bits per heavy atom. The second-order valence-corrected chi connectivity index (χ2v) is 6.77. The molecular weight excluding hydrogens is 369 g/mol. The van der Waals surface area contributed by atoms with Crippen molar-refractivity contribution in [2.24, 2.45) is 0 Å². The molecule has 2 aromatic carbocycles. The topological polar surface area (TPSA) is 12.0 Å². The number of rotatable bonds is 5. The molecule has 0 spiro atoms. The van der Waals surface area contributed by atoms with Crippen LogP contribution in [0.4, 0.5) is 0 Å². The number of aryl methyl sites for hydroxylation is 1. The first kappa shape index (κ1) is 16.8. The lowest BCUT2D eigenvalue weighted by atomic mass is 9.97. The molecule has 0 saturated carbocycles. The smallest absolute Gasteiger partial charge is 0.0439 e. The van der Waals surface area contributed by atoms with E-state index < -0.39 is 0 Å². The van der Waals surface area contributed by atoms with Crippen LogP contribution in [0.25, 0.3) is 0 Å². The molecule has 0 amide bonds. The molecule has 0 aliphatic carbocycles. The second-order valence-electron chi connectivity index (χ2n) is 5.08. The molecule has 0 heterocycles. The lowest BCUT2D eigenvalue weighted by Gasteiger charge is -2.21. The van der Waals surface area contributed by atoms with Gasteiger partial charge in [-0.2, -0.15) is 0 Å². The third kappa shape index (κ3) is 4.46. The predicted molar refractivity (Wildman–Crippen MR) is 95.5 cm³/mol. The zero-order valence-corrected chi connectivity index (χ0v) is 15.2. The Morgan fingerprint density at radius 1 is 1.14 bits per heavy atom. The van der Waals surface area contributed by atoms with Crippen LogP contribution in [0, 0.1) is 6.92 Å². The Morgan fingerprint density at radius 3 is 2.62 bits per heavy atom. The predicted octanol–water partition coefficient (Wildman–Crippen LogP) is 5.96. The maximum Gasteiger partial charge on any atom is 0.0439 e. The van der Waals surface area contributed by atoms with Gasteiger partial charge in [0.1, 0.15) is 0 Å². The Balaban J connectivity index is 2.35. The third-order valence-electron chi connectivity index (χ3n) is 3.41. The minimum absolute atomic E-state index is 0.195. The molecule has 0 bridgehead atoms. The van der Waals surface area contributed by atoms with Crippen molar-refractivity contribution in [2.75, 3.05) is 6.54 Å². The van der Waals surface area contributed by atoms with Crippen molar-refractivity contribution < 1.29 is 0 Å². The molecule has 2 rings (SSSR count). The molecule has 1 atom stereocenters. The van der Waals surface area contributed by atoms with E-state index in [9.17, 15) is 0 Å². The monoisotopic (exact) mass is 385 g/mol. The summed E-state index contributed by atoms with van der Waals surface area (Å²) in [7, 11) is 0. The highest BCUT2D eigenvalue weighted by molar-refractivity contribution is 9.10. The summed E-state index contributed by atoms with van der Waals surface area (Å²) in [5, 5.41) is 5.00. The van der Waals surface area contributed by atoms with Crippen LogP contribution >= 0.6 is 39.1 Å². The standard InChI is InChI=1S/C17H18BrCl2N/c1-3-21-17(14-8-11(2)4-6-15(14)18)10-12-9-13(19)5-7-16(12)20/h4-9,17,21H,3,10H2,1-2H3. The van der Waals surface area contributed by atoms with Crippen molar-refractivity contribution in [3.05, 3.63) is 67.6 Å². The van der Waals surface area contributed by atoms with Crippen LogP contribution in [0.5, 0.6) is 0 Å². The fourth-order valence-electron chi connectivity index (χ4n) is 2.39. The fraction of sp³-hybridized carbons (Fsp3) is 0.294. The van der Waals surface area contributed by atoms with Crippen molar-refractivity contribution in [1.82, 2.24) is 5.32 Å². The van der Waals surface area contributed by atoms with E-state index in [1.165, 1.54) is 11.1 Å². The van der Waals surface area contributed by atoms with E-state index in [-0.39, 0.29) is 6.04 Å². The number of hydrogen-bond donors (Lipinski definition) is 1. The Labute approximate surface area is 144 Å². The molecule has 21 heavy (non-hydrogen) atoms. The first-order valence-corrected chi connectivity index (χ1v) is 8.49. The van der Waals surface area contributed by atoms with E-state index in [2.05, 4.69) is 53.3 Å². The van der Waals surface area contributed by atoms with Gasteiger partial charge < -0.3 is 5.32 Å². The Bertz CT molecular complexity index is 628. The summed E-state index contributed by atoms with van der Waals surface area (Å²) in [6.07, 6.45) is 0.801. The molecule has 0 aromatic heterocycles. The van der Waals surface area contributed by atoms with Gasteiger partial charge in [0.05, 0.1) is 0 Å². The number of halogens is 3. The molecule has 1 unspecified atom stereocenters. The van der Waals surface area contributed by atoms with Crippen molar-refractivity contribution in [2.45, 2.75) is 26.3 Å². The average molecular weight is 387 g/mol. The molecule has 0 fully saturated rings. The summed E-state index contributed by atoms with van der Waals surface area (Å²) >= 11 is 16.0. The van der Waals surface area contributed by atoms with Gasteiger partial charge in [0.15, 0.2) is 0 Å². The van der Waals surface area contributed by atoms with E-state index in [1.807, 2.05) is 18.2 Å². The first-order valence-electron chi connectivity index (χ1n) is 6.94. The summed E-state index contributed by atoms with van der Waals surface area (Å²) in [4.78, 5) is 0. The van der Waals surface area contributed by atoms with Gasteiger partial charge in [0.2, 0.25) is 0 Å². The molecular formula is C17H18BrCl2N. The van der Waals surface area contributed by atoms with Crippen LogP contribution < -0.4 is 5.32 Å². The zero-order valence-electron chi connectivity index (χ0n) is 12.1. The van der Waals surface area contributed by atoms with E-state index in [1.54, 1.807) is 0 Å². The fourth-order valence-corrected chi connectivity index (χ4v) is 3.30. The van der Waals surface area contributed by atoms with E-state index in [0.717, 1.165) is 28.0 Å². The van der Waals surface area contributed by atoms with Gasteiger partial charge >= 0.3 is 0 Å². The van der Waals surface area contributed by atoms with Gasteiger partial charge in [-0.15, -0.1) is 0 Å². The number of benzene rings is 2. The van der Waals surface area contributed by atoms with Crippen LogP contribution in [-0.2, 0) is 6.42 Å². The average Bonchev–Trinajstić information content (AvgIpc) is 2.45. The van der Waals surface area contributed by atoms with E-state index in [4.69, 9.17) is 23.2 Å². The van der Waals surface area contributed by atoms with Gasteiger partial charge in [0.25, 0.3) is 0 Å². The number of likely N-dealkylation sites (N-methyl/N-ethyl adjacent to an activating group) is 1. The molecule has 4 heteroatoms. The van der Waals surface area contributed by atoms with Gasteiger partial charge in [-0.3, -0.25) is 0 Å². The van der Waals surface area contributed by atoms with Crippen LogP contribution in [0.15, 0.2) is 40.9 Å². The van der Waals surface area contributed by atoms with Gasteiger partial charge in [-0.05, 0) is 55.3 Å². The quantitative estimate of drug-likeness (QED) is 0.668. The summed E-state index contributed by atoms with van der Waals surface area (Å²) < 4.78 is 1.11. The molecule has 0 radical (unpaired) electrons. The van der Waals surface area contributed by atoms with Crippen molar-refractivity contribution in [1.29, 1.82) is 0 Å². The van der Waals surface area contributed by atoms with Crippen LogP contribution in [0.3, 0.4) is 0 Å². The molecule has 1 nitrogen and oxygen atoms in total. The maximum atomic E-state index is 6.30. The largest absolute Gasteiger partial charge is 0.310 e. The van der Waals surface area contributed by atoms with Gasteiger partial charge in [-0.1, -0.05) is 63.8 Å². The Hall–Kier alpha value is -0.540. The summed E-state index contributed by atoms with van der Waals surface area (Å²) in [5.74, 6) is 0. The summed E-state index contributed by atoms with van der Waals surface area (Å²) in [5.41, 5.74) is 3.55. The first-order chi connectivity index (χ1) is 10.0. The van der Waals surface area contributed by atoms with E-state index in [0.29, 0.717) is 5.02 Å². The van der Waals surface area contributed by atoms with Crippen molar-refractivity contribution >= 4 is 39.1 Å².